The van der Waals surface area contributed by atoms with E-state index in [4.69, 9.17) is 26.6 Å². The number of aromatic nitrogens is 1. The van der Waals surface area contributed by atoms with Gasteiger partial charge in [-0.25, -0.2) is 4.98 Å². The molecule has 0 aliphatic heterocycles. The van der Waals surface area contributed by atoms with Crippen molar-refractivity contribution in [3.05, 3.63) is 86.2 Å². The van der Waals surface area contributed by atoms with Crippen LogP contribution in [0.1, 0.15) is 163 Å². The number of rotatable bonds is 10. The van der Waals surface area contributed by atoms with Crippen molar-refractivity contribution in [2.75, 3.05) is 0 Å². The molecule has 1 heterocycles. The molecular weight excluding hydrogens is 687 g/mol. The summed E-state index contributed by atoms with van der Waals surface area (Å²) in [7, 11) is 0. The topological polar surface area (TPSA) is 37.6 Å². The molecule has 1 aromatic heterocycles. The zero-order valence-corrected chi connectivity index (χ0v) is 32.8. The number of hydrogen-bond donors (Lipinski definition) is 0. The largest absolute Gasteiger partial charge is 3.00 e. The third kappa shape index (κ3) is 12.0. The molecule has 2 aromatic carbocycles. The number of aliphatic imine (C=N–C) groups is 2. The molecule has 0 saturated carbocycles. The van der Waals surface area contributed by atoms with Crippen molar-refractivity contribution < 1.29 is 54.0 Å². The first-order chi connectivity index (χ1) is 19.2. The molecule has 0 radical (unpaired) electrons. The third-order valence-corrected chi connectivity index (χ3v) is 7.90. The number of nitrogens with zero attached hydrogens (tertiary/aromatic N) is 3. The Labute approximate surface area is 307 Å². The third-order valence-electron chi connectivity index (χ3n) is 7.69. The molecular formula is C37H50Cl4CoN3. The Bertz CT molecular complexity index is 1270. The van der Waals surface area contributed by atoms with E-state index in [-0.39, 0.29) is 54.0 Å². The fraction of sp³-hybridized carbons (Fsp3) is 0.486. The second-order valence-electron chi connectivity index (χ2n) is 13.2. The summed E-state index contributed by atoms with van der Waals surface area (Å²) in [5.74, 6) is 2.38. The Hall–Kier alpha value is -1.40. The summed E-state index contributed by atoms with van der Waals surface area (Å²) in [6, 6.07) is 13.0. The van der Waals surface area contributed by atoms with E-state index in [0.717, 1.165) is 22.8 Å². The fourth-order valence-corrected chi connectivity index (χ4v) is 5.29. The Balaban J connectivity index is 0. The van der Waals surface area contributed by atoms with Crippen LogP contribution in [-0.4, -0.2) is 17.4 Å². The van der Waals surface area contributed by atoms with E-state index in [0.29, 0.717) is 40.5 Å². The van der Waals surface area contributed by atoms with Gasteiger partial charge < -0.3 is 37.2 Å². The van der Waals surface area contributed by atoms with Gasteiger partial charge in [-0.05, 0) is 81.0 Å². The number of hydrogen-bond acceptors (Lipinski definition) is 3. The van der Waals surface area contributed by atoms with E-state index < -0.39 is 0 Å². The first kappa shape index (κ1) is 45.7. The van der Waals surface area contributed by atoms with Crippen LogP contribution in [0, 0.1) is 0 Å². The predicted molar refractivity (Wildman–Crippen MR) is 181 cm³/mol. The minimum atomic E-state index is 0. The standard InChI is InChI=1S/C37H50ClN3.3ClH.Co/c1-21(2)27-13-32(23(5)6)36(33(14-27)24(7)8)39-19-30-17-29(38)18-31(41-30)20-40-37-34(25(9)10)15-28(22(3)4)16-35(37)26(11)12;;;;/h13-26H,1-12H3;3*1H;/q;;;;+3/p-3. The zero-order chi connectivity index (χ0) is 30.6. The van der Waals surface area contributed by atoms with Gasteiger partial charge in [-0.2, -0.15) is 0 Å². The van der Waals surface area contributed by atoms with E-state index in [1.54, 1.807) is 0 Å². The van der Waals surface area contributed by atoms with Gasteiger partial charge in [0, 0.05) is 5.02 Å². The zero-order valence-electron chi connectivity index (χ0n) is 28.8. The van der Waals surface area contributed by atoms with Crippen LogP contribution in [0.2, 0.25) is 5.02 Å². The fourth-order valence-electron chi connectivity index (χ4n) is 5.07. The van der Waals surface area contributed by atoms with E-state index in [1.165, 1.54) is 33.4 Å². The Morgan fingerprint density at radius 3 is 0.978 bits per heavy atom. The summed E-state index contributed by atoms with van der Waals surface area (Å²) in [5, 5.41) is 0.620. The normalized spacial score (nSPS) is 11.5. The van der Waals surface area contributed by atoms with Crippen LogP contribution >= 0.6 is 11.6 Å². The molecule has 0 saturated heterocycles. The van der Waals surface area contributed by atoms with Crippen molar-refractivity contribution in [2.24, 2.45) is 9.98 Å². The molecule has 0 N–H and O–H groups in total. The molecule has 3 nitrogen and oxygen atoms in total. The van der Waals surface area contributed by atoms with Gasteiger partial charge in [0.25, 0.3) is 0 Å². The van der Waals surface area contributed by atoms with Gasteiger partial charge in [-0.15, -0.1) is 0 Å². The van der Waals surface area contributed by atoms with Crippen molar-refractivity contribution in [1.29, 1.82) is 0 Å². The van der Waals surface area contributed by atoms with Crippen molar-refractivity contribution in [2.45, 2.75) is 119 Å². The van der Waals surface area contributed by atoms with Crippen LogP contribution in [0.15, 0.2) is 46.4 Å². The van der Waals surface area contributed by atoms with Crippen LogP contribution in [0.3, 0.4) is 0 Å². The smallest absolute Gasteiger partial charge is 1.00 e. The first-order valence-corrected chi connectivity index (χ1v) is 15.7. The number of benzene rings is 2. The van der Waals surface area contributed by atoms with E-state index in [9.17, 15) is 0 Å². The van der Waals surface area contributed by atoms with E-state index in [1.807, 2.05) is 24.6 Å². The first-order valence-electron chi connectivity index (χ1n) is 15.3. The van der Waals surface area contributed by atoms with Crippen LogP contribution in [-0.2, 0) is 16.8 Å². The maximum atomic E-state index is 6.59. The van der Waals surface area contributed by atoms with E-state index >= 15 is 0 Å². The molecule has 0 aliphatic rings. The van der Waals surface area contributed by atoms with Crippen molar-refractivity contribution >= 4 is 35.4 Å². The molecule has 0 bridgehead atoms. The summed E-state index contributed by atoms with van der Waals surface area (Å²) in [6.07, 6.45) is 3.70. The summed E-state index contributed by atoms with van der Waals surface area (Å²) >= 11 is 6.59. The molecule has 0 unspecified atom stereocenters. The second-order valence-corrected chi connectivity index (χ2v) is 13.6. The van der Waals surface area contributed by atoms with Crippen molar-refractivity contribution in [3.8, 4) is 0 Å². The Morgan fingerprint density at radius 1 is 0.489 bits per heavy atom. The summed E-state index contributed by atoms with van der Waals surface area (Å²) in [4.78, 5) is 14.9. The molecule has 3 aromatic rings. The minimum Gasteiger partial charge on any atom is -1.00 e. The molecule has 3 rings (SSSR count). The van der Waals surface area contributed by atoms with Crippen molar-refractivity contribution in [1.82, 2.24) is 4.98 Å². The second kappa shape index (κ2) is 20.1. The molecule has 0 spiro atoms. The Kier molecular flexibility index (Phi) is 20.4. The van der Waals surface area contributed by atoms with Crippen LogP contribution in [0.4, 0.5) is 11.4 Å². The SMILES string of the molecule is CC(C)c1cc(C(C)C)c(N=Cc2cc(Cl)cc(C=Nc3c(C(C)C)cc(C(C)C)cc3C(C)C)n2)c(C(C)C)c1.[Cl-].[Cl-].[Cl-].[Co+3]. The average Bonchev–Trinajstić information content (AvgIpc) is 2.88. The van der Waals surface area contributed by atoms with Crippen LogP contribution < -0.4 is 37.2 Å². The van der Waals surface area contributed by atoms with Crippen LogP contribution in [0.25, 0.3) is 0 Å². The van der Waals surface area contributed by atoms with Gasteiger partial charge in [0.1, 0.15) is 0 Å². The quantitative estimate of drug-likeness (QED) is 0.296. The Morgan fingerprint density at radius 2 is 0.756 bits per heavy atom. The summed E-state index contributed by atoms with van der Waals surface area (Å²) < 4.78 is 0. The molecule has 0 fully saturated rings. The molecule has 0 aliphatic carbocycles. The molecule has 45 heavy (non-hydrogen) atoms. The molecule has 250 valence electrons. The van der Waals surface area contributed by atoms with Gasteiger partial charge >= 0.3 is 16.8 Å². The summed E-state index contributed by atoms with van der Waals surface area (Å²) in [5.41, 5.74) is 11.3. The molecule has 0 atom stereocenters. The maximum Gasteiger partial charge on any atom is 3.00 e. The van der Waals surface area contributed by atoms with E-state index in [2.05, 4.69) is 107 Å². The maximum absolute atomic E-state index is 6.59. The number of pyridine rings is 1. The molecule has 0 amide bonds. The summed E-state index contributed by atoms with van der Waals surface area (Å²) in [6.45, 7) is 26.9. The average molecular weight is 738 g/mol. The minimum absolute atomic E-state index is 0. The van der Waals surface area contributed by atoms with Gasteiger partial charge in [0.15, 0.2) is 0 Å². The number of halogens is 4. The van der Waals surface area contributed by atoms with Gasteiger partial charge in [-0.3, -0.25) is 9.98 Å². The van der Waals surface area contributed by atoms with Gasteiger partial charge in [-0.1, -0.05) is 119 Å². The monoisotopic (exact) mass is 735 g/mol. The van der Waals surface area contributed by atoms with Crippen molar-refractivity contribution in [3.63, 3.8) is 0 Å². The van der Waals surface area contributed by atoms with Gasteiger partial charge in [0.2, 0.25) is 0 Å². The van der Waals surface area contributed by atoms with Crippen LogP contribution in [0.5, 0.6) is 0 Å². The molecule has 8 heteroatoms. The predicted octanol–water partition coefficient (Wildman–Crippen LogP) is 2.99. The van der Waals surface area contributed by atoms with Gasteiger partial charge in [0.05, 0.1) is 35.2 Å².